The molecule has 1 amide bonds. The Bertz CT molecular complexity index is 468. The summed E-state index contributed by atoms with van der Waals surface area (Å²) in [5, 5.41) is 0. The molecule has 2 aliphatic rings. The topological polar surface area (TPSA) is 102 Å². The molecule has 21 heavy (non-hydrogen) atoms. The van der Waals surface area contributed by atoms with E-state index in [9.17, 15) is 13.2 Å². The van der Waals surface area contributed by atoms with Crippen molar-refractivity contribution in [3.8, 4) is 0 Å². The number of carbonyl (C=O) groups excluding carboxylic acids is 1. The number of nitrogens with one attached hydrogen (secondary N) is 1. The van der Waals surface area contributed by atoms with E-state index >= 15 is 0 Å². The first-order valence-corrected chi connectivity index (χ1v) is 9.40. The van der Waals surface area contributed by atoms with Gasteiger partial charge in [0.1, 0.15) is 6.10 Å². The summed E-state index contributed by atoms with van der Waals surface area (Å²) >= 11 is 0. The average Bonchev–Trinajstić information content (AvgIpc) is 2.93. The lowest BCUT2D eigenvalue weighted by atomic mass is 10.0. The van der Waals surface area contributed by atoms with Crippen molar-refractivity contribution in [3.05, 3.63) is 0 Å². The molecule has 2 saturated heterocycles. The Kier molecular flexibility index (Phi) is 5.59. The van der Waals surface area contributed by atoms with Gasteiger partial charge in [-0.2, -0.15) is 0 Å². The zero-order valence-corrected chi connectivity index (χ0v) is 13.3. The van der Waals surface area contributed by atoms with Gasteiger partial charge in [0.05, 0.1) is 12.4 Å². The molecule has 122 valence electrons. The number of nitrogens with two attached hydrogens (primary N) is 1. The van der Waals surface area contributed by atoms with E-state index in [1.54, 1.807) is 4.90 Å². The molecule has 7 nitrogen and oxygen atoms in total. The summed E-state index contributed by atoms with van der Waals surface area (Å²) in [6.45, 7) is 1.38. The van der Waals surface area contributed by atoms with Crippen LogP contribution in [0.2, 0.25) is 0 Å². The number of amides is 1. The van der Waals surface area contributed by atoms with Gasteiger partial charge in [0.2, 0.25) is 10.0 Å². The molecule has 0 aliphatic carbocycles. The highest BCUT2D eigenvalue weighted by molar-refractivity contribution is 7.88. The molecule has 2 fully saturated rings. The molecule has 3 atom stereocenters. The van der Waals surface area contributed by atoms with Gasteiger partial charge in [0.25, 0.3) is 5.91 Å². The molecule has 2 heterocycles. The molecule has 0 bridgehead atoms. The van der Waals surface area contributed by atoms with Gasteiger partial charge in [-0.25, -0.2) is 13.1 Å². The normalized spacial score (nSPS) is 30.6. The first-order valence-electron chi connectivity index (χ1n) is 7.51. The number of carbonyl (C=O) groups is 1. The fraction of sp³-hybridized carbons (Fsp3) is 0.923. The molecule has 0 aromatic heterocycles. The number of hydrogen-bond donors (Lipinski definition) is 2. The predicted octanol–water partition coefficient (Wildman–Crippen LogP) is -0.577. The molecule has 0 radical (unpaired) electrons. The SMILES string of the molecule is CS(=O)(=O)NCC1CCCCN1C(=O)[C@@H]1CC[C@H](CN)O1. The van der Waals surface area contributed by atoms with Crippen molar-refractivity contribution in [2.24, 2.45) is 5.73 Å². The Hall–Kier alpha value is -0.700. The summed E-state index contributed by atoms with van der Waals surface area (Å²) in [7, 11) is -3.24. The first kappa shape index (κ1) is 16.7. The average molecular weight is 319 g/mol. The van der Waals surface area contributed by atoms with Crippen LogP contribution in [0.5, 0.6) is 0 Å². The van der Waals surface area contributed by atoms with Gasteiger partial charge in [-0.05, 0) is 32.1 Å². The number of sulfonamides is 1. The largest absolute Gasteiger partial charge is 0.364 e. The van der Waals surface area contributed by atoms with E-state index < -0.39 is 16.1 Å². The van der Waals surface area contributed by atoms with Gasteiger partial charge in [0, 0.05) is 25.7 Å². The maximum absolute atomic E-state index is 12.6. The maximum atomic E-state index is 12.6. The fourth-order valence-electron chi connectivity index (χ4n) is 3.00. The molecule has 3 N–H and O–H groups in total. The van der Waals surface area contributed by atoms with E-state index in [0.29, 0.717) is 19.5 Å². The van der Waals surface area contributed by atoms with Crippen LogP contribution >= 0.6 is 0 Å². The van der Waals surface area contributed by atoms with Crippen molar-refractivity contribution in [1.29, 1.82) is 0 Å². The standard InChI is InChI=1S/C13H25N3O4S/c1-21(18,19)15-9-10-4-2-3-7-16(10)13(17)12-6-5-11(8-14)20-12/h10-12,15H,2-9,14H2,1H3/t10?,11-,12+/m1/s1. The summed E-state index contributed by atoms with van der Waals surface area (Å²) in [5.41, 5.74) is 5.57. The molecule has 0 aromatic carbocycles. The number of ether oxygens (including phenoxy) is 1. The summed E-state index contributed by atoms with van der Waals surface area (Å²) in [6.07, 6.45) is 4.98. The lowest BCUT2D eigenvalue weighted by Gasteiger charge is -2.37. The minimum Gasteiger partial charge on any atom is -0.364 e. The van der Waals surface area contributed by atoms with E-state index in [-0.39, 0.29) is 24.6 Å². The zero-order valence-electron chi connectivity index (χ0n) is 12.5. The van der Waals surface area contributed by atoms with Gasteiger partial charge in [-0.3, -0.25) is 4.79 Å². The number of piperidine rings is 1. The van der Waals surface area contributed by atoms with Gasteiger partial charge >= 0.3 is 0 Å². The first-order chi connectivity index (χ1) is 9.90. The van der Waals surface area contributed by atoms with Crippen LogP contribution in [-0.4, -0.2) is 63.4 Å². The number of likely N-dealkylation sites (tertiary alicyclic amines) is 1. The summed E-state index contributed by atoms with van der Waals surface area (Å²) in [5.74, 6) is -0.0223. The molecule has 0 saturated carbocycles. The van der Waals surface area contributed by atoms with Crippen LogP contribution in [0.3, 0.4) is 0 Å². The third kappa shape index (κ3) is 4.64. The minimum absolute atomic E-state index is 0.0223. The smallest absolute Gasteiger partial charge is 0.252 e. The van der Waals surface area contributed by atoms with Crippen LogP contribution in [0.15, 0.2) is 0 Å². The summed E-state index contributed by atoms with van der Waals surface area (Å²) in [4.78, 5) is 14.4. The number of nitrogens with zero attached hydrogens (tertiary/aromatic N) is 1. The number of rotatable bonds is 5. The molecular formula is C13H25N3O4S. The van der Waals surface area contributed by atoms with Crippen molar-refractivity contribution >= 4 is 15.9 Å². The van der Waals surface area contributed by atoms with Gasteiger partial charge in [-0.1, -0.05) is 0 Å². The Morgan fingerprint density at radius 2 is 2.10 bits per heavy atom. The van der Waals surface area contributed by atoms with Crippen molar-refractivity contribution in [3.63, 3.8) is 0 Å². The van der Waals surface area contributed by atoms with Crippen LogP contribution < -0.4 is 10.5 Å². The predicted molar refractivity (Wildman–Crippen MR) is 79.1 cm³/mol. The Labute approximate surface area is 126 Å². The van der Waals surface area contributed by atoms with Crippen LogP contribution in [0, 0.1) is 0 Å². The highest BCUT2D eigenvalue weighted by atomic mass is 32.2. The molecule has 8 heteroatoms. The molecular weight excluding hydrogens is 294 g/mol. The lowest BCUT2D eigenvalue weighted by molar-refractivity contribution is -0.146. The van der Waals surface area contributed by atoms with E-state index in [2.05, 4.69) is 4.72 Å². The lowest BCUT2D eigenvalue weighted by Crippen LogP contribution is -2.52. The van der Waals surface area contributed by atoms with Crippen LogP contribution in [0.4, 0.5) is 0 Å². The molecule has 0 spiro atoms. The van der Waals surface area contributed by atoms with E-state index in [4.69, 9.17) is 10.5 Å². The molecule has 0 aromatic rings. The fourth-order valence-corrected chi connectivity index (χ4v) is 3.49. The Morgan fingerprint density at radius 3 is 2.71 bits per heavy atom. The Balaban J connectivity index is 1.96. The summed E-state index contributed by atoms with van der Waals surface area (Å²) in [6, 6.07) is -0.0819. The monoisotopic (exact) mass is 319 g/mol. The highest BCUT2D eigenvalue weighted by Crippen LogP contribution is 2.24. The van der Waals surface area contributed by atoms with Gasteiger partial charge < -0.3 is 15.4 Å². The second-order valence-electron chi connectivity index (χ2n) is 5.86. The van der Waals surface area contributed by atoms with Crippen molar-refractivity contribution in [2.75, 3.05) is 25.9 Å². The quantitative estimate of drug-likeness (QED) is 0.706. The van der Waals surface area contributed by atoms with Gasteiger partial charge in [0.15, 0.2) is 0 Å². The van der Waals surface area contributed by atoms with Crippen LogP contribution in [0.1, 0.15) is 32.1 Å². The summed E-state index contributed by atoms with van der Waals surface area (Å²) < 4.78 is 30.6. The second kappa shape index (κ2) is 7.04. The highest BCUT2D eigenvalue weighted by Gasteiger charge is 2.36. The van der Waals surface area contributed by atoms with Crippen molar-refractivity contribution in [2.45, 2.75) is 50.4 Å². The maximum Gasteiger partial charge on any atom is 0.252 e. The Morgan fingerprint density at radius 1 is 1.33 bits per heavy atom. The molecule has 2 aliphatic heterocycles. The van der Waals surface area contributed by atoms with Crippen LogP contribution in [-0.2, 0) is 19.6 Å². The third-order valence-electron chi connectivity index (χ3n) is 4.14. The molecule has 1 unspecified atom stereocenters. The van der Waals surface area contributed by atoms with Crippen LogP contribution in [0.25, 0.3) is 0 Å². The van der Waals surface area contributed by atoms with E-state index in [0.717, 1.165) is 31.9 Å². The van der Waals surface area contributed by atoms with Gasteiger partial charge in [-0.15, -0.1) is 0 Å². The molecule has 2 rings (SSSR count). The van der Waals surface area contributed by atoms with E-state index in [1.165, 1.54) is 0 Å². The number of hydrogen-bond acceptors (Lipinski definition) is 5. The van der Waals surface area contributed by atoms with Crippen molar-refractivity contribution < 1.29 is 17.9 Å². The minimum atomic E-state index is -3.24. The third-order valence-corrected chi connectivity index (χ3v) is 4.83. The van der Waals surface area contributed by atoms with Crippen molar-refractivity contribution in [1.82, 2.24) is 9.62 Å². The van der Waals surface area contributed by atoms with E-state index in [1.807, 2.05) is 0 Å². The second-order valence-corrected chi connectivity index (χ2v) is 7.69. The zero-order chi connectivity index (χ0) is 15.5.